The average molecular weight is 303 g/mol. The molecular formula is C16H25N5O. The Balaban J connectivity index is 1.58. The zero-order chi connectivity index (χ0) is 15.5. The van der Waals surface area contributed by atoms with Crippen molar-refractivity contribution in [1.82, 2.24) is 25.1 Å². The van der Waals surface area contributed by atoms with E-state index in [0.29, 0.717) is 6.54 Å². The highest BCUT2D eigenvalue weighted by molar-refractivity contribution is 5.78. The number of carbonyl (C=O) groups excluding carboxylic acids is 1. The van der Waals surface area contributed by atoms with Crippen LogP contribution >= 0.6 is 0 Å². The maximum absolute atomic E-state index is 12.3. The van der Waals surface area contributed by atoms with Crippen molar-refractivity contribution < 1.29 is 4.79 Å². The summed E-state index contributed by atoms with van der Waals surface area (Å²) in [6, 6.07) is 0.0734. The predicted molar refractivity (Wildman–Crippen MR) is 84.5 cm³/mol. The second kappa shape index (κ2) is 6.71. The first-order valence-corrected chi connectivity index (χ1v) is 8.14. The lowest BCUT2D eigenvalue weighted by Crippen LogP contribution is -2.48. The molecule has 1 aromatic rings. The number of nitrogens with zero attached hydrogens (tertiary/aromatic N) is 4. The second-order valence-corrected chi connectivity index (χ2v) is 6.41. The minimum Gasteiger partial charge on any atom is -0.348 e. The van der Waals surface area contributed by atoms with Crippen molar-refractivity contribution >= 4 is 5.91 Å². The molecule has 1 atom stereocenters. The van der Waals surface area contributed by atoms with Crippen molar-refractivity contribution in [1.29, 1.82) is 0 Å². The van der Waals surface area contributed by atoms with Gasteiger partial charge in [0.2, 0.25) is 5.91 Å². The van der Waals surface area contributed by atoms with E-state index < -0.39 is 0 Å². The van der Waals surface area contributed by atoms with E-state index in [1.54, 1.807) is 0 Å². The third-order valence-electron chi connectivity index (χ3n) is 4.60. The lowest BCUT2D eigenvalue weighted by atomic mass is 9.92. The molecule has 1 aliphatic carbocycles. The molecule has 0 aromatic carbocycles. The molecule has 1 aromatic heterocycles. The zero-order valence-electron chi connectivity index (χ0n) is 13.5. The number of aryl methyl sites for hydroxylation is 2. The van der Waals surface area contributed by atoms with Crippen LogP contribution in [0.15, 0.2) is 6.20 Å². The van der Waals surface area contributed by atoms with Crippen molar-refractivity contribution in [2.75, 3.05) is 39.8 Å². The lowest BCUT2D eigenvalue weighted by molar-refractivity contribution is -0.123. The van der Waals surface area contributed by atoms with Crippen LogP contribution in [0, 0.1) is 6.92 Å². The highest BCUT2D eigenvalue weighted by Crippen LogP contribution is 2.27. The lowest BCUT2D eigenvalue weighted by Gasteiger charge is -2.32. The highest BCUT2D eigenvalue weighted by Gasteiger charge is 2.24. The molecule has 1 saturated heterocycles. The molecule has 1 unspecified atom stereocenters. The molecule has 6 nitrogen and oxygen atoms in total. The minimum atomic E-state index is 0.0734. The molecule has 3 rings (SSSR count). The summed E-state index contributed by atoms with van der Waals surface area (Å²) in [6.45, 7) is 6.41. The summed E-state index contributed by atoms with van der Waals surface area (Å²) in [5, 5.41) is 3.18. The van der Waals surface area contributed by atoms with Gasteiger partial charge in [0.05, 0.1) is 12.6 Å². The highest BCUT2D eigenvalue weighted by atomic mass is 16.2. The maximum Gasteiger partial charge on any atom is 0.234 e. The van der Waals surface area contributed by atoms with Gasteiger partial charge in [-0.05, 0) is 33.2 Å². The molecule has 1 N–H and O–H groups in total. The largest absolute Gasteiger partial charge is 0.348 e. The fourth-order valence-corrected chi connectivity index (χ4v) is 3.25. The summed E-state index contributed by atoms with van der Waals surface area (Å²) >= 11 is 0. The summed E-state index contributed by atoms with van der Waals surface area (Å²) in [7, 11) is 2.12. The van der Waals surface area contributed by atoms with E-state index in [1.165, 1.54) is 0 Å². The van der Waals surface area contributed by atoms with Gasteiger partial charge < -0.3 is 10.2 Å². The van der Waals surface area contributed by atoms with Crippen LogP contribution in [0.3, 0.4) is 0 Å². The van der Waals surface area contributed by atoms with Gasteiger partial charge in [0, 0.05) is 43.6 Å². The molecule has 120 valence electrons. The Morgan fingerprint density at radius 3 is 2.91 bits per heavy atom. The van der Waals surface area contributed by atoms with Gasteiger partial charge in [0.1, 0.15) is 5.82 Å². The standard InChI is InChI=1S/C16H25N5O/c1-12-17-10-13-14(18-12)4-3-5-15(13)19-16(22)11-21-8-6-20(2)7-9-21/h10,15H,3-9,11H2,1-2H3,(H,19,22). The molecule has 1 aliphatic heterocycles. The van der Waals surface area contributed by atoms with Crippen LogP contribution < -0.4 is 5.32 Å². The number of hydrogen-bond acceptors (Lipinski definition) is 5. The number of amides is 1. The predicted octanol–water partition coefficient (Wildman–Crippen LogP) is 0.526. The number of rotatable bonds is 3. The molecular weight excluding hydrogens is 278 g/mol. The van der Waals surface area contributed by atoms with E-state index in [1.807, 2.05) is 13.1 Å². The van der Waals surface area contributed by atoms with Crippen molar-refractivity contribution in [3.8, 4) is 0 Å². The topological polar surface area (TPSA) is 61.4 Å². The molecule has 22 heavy (non-hydrogen) atoms. The molecule has 0 saturated carbocycles. The van der Waals surface area contributed by atoms with Crippen LogP contribution in [0.1, 0.15) is 36.0 Å². The minimum absolute atomic E-state index is 0.0734. The van der Waals surface area contributed by atoms with Crippen molar-refractivity contribution in [2.24, 2.45) is 0 Å². The molecule has 2 aliphatic rings. The van der Waals surface area contributed by atoms with Crippen LogP contribution in [0.4, 0.5) is 0 Å². The van der Waals surface area contributed by atoms with Crippen molar-refractivity contribution in [2.45, 2.75) is 32.2 Å². The molecule has 0 spiro atoms. The fraction of sp³-hybridized carbons (Fsp3) is 0.688. The zero-order valence-corrected chi connectivity index (χ0v) is 13.5. The first kappa shape index (κ1) is 15.4. The van der Waals surface area contributed by atoms with Gasteiger partial charge >= 0.3 is 0 Å². The first-order valence-electron chi connectivity index (χ1n) is 8.14. The Labute approximate surface area is 131 Å². The summed E-state index contributed by atoms with van der Waals surface area (Å²) in [4.78, 5) is 25.7. The van der Waals surface area contributed by atoms with Crippen LogP contribution in [0.25, 0.3) is 0 Å². The number of hydrogen-bond donors (Lipinski definition) is 1. The van der Waals surface area contributed by atoms with Crippen molar-refractivity contribution in [3.63, 3.8) is 0 Å². The number of piperazine rings is 1. The van der Waals surface area contributed by atoms with Crippen LogP contribution in [0.2, 0.25) is 0 Å². The third-order valence-corrected chi connectivity index (χ3v) is 4.60. The first-order chi connectivity index (χ1) is 10.6. The van der Waals surface area contributed by atoms with E-state index >= 15 is 0 Å². The van der Waals surface area contributed by atoms with E-state index in [2.05, 4.69) is 32.1 Å². The molecule has 1 fully saturated rings. The van der Waals surface area contributed by atoms with E-state index in [4.69, 9.17) is 0 Å². The maximum atomic E-state index is 12.3. The fourth-order valence-electron chi connectivity index (χ4n) is 3.25. The normalized spacial score (nSPS) is 23.1. The SMILES string of the molecule is Cc1ncc2c(n1)CCCC2NC(=O)CN1CCN(C)CC1. The second-order valence-electron chi connectivity index (χ2n) is 6.41. The average Bonchev–Trinajstić information content (AvgIpc) is 2.49. The van der Waals surface area contributed by atoms with Gasteiger partial charge in [0.15, 0.2) is 0 Å². The van der Waals surface area contributed by atoms with Crippen molar-refractivity contribution in [3.05, 3.63) is 23.3 Å². The third kappa shape index (κ3) is 3.62. The summed E-state index contributed by atoms with van der Waals surface area (Å²) in [5.41, 5.74) is 2.20. The van der Waals surface area contributed by atoms with Gasteiger partial charge in [-0.1, -0.05) is 0 Å². The van der Waals surface area contributed by atoms with Crippen LogP contribution in [0.5, 0.6) is 0 Å². The van der Waals surface area contributed by atoms with Gasteiger partial charge in [-0.25, -0.2) is 9.97 Å². The molecule has 0 bridgehead atoms. The van der Waals surface area contributed by atoms with Gasteiger partial charge in [0.25, 0.3) is 0 Å². The summed E-state index contributed by atoms with van der Waals surface area (Å²) in [5.74, 6) is 0.922. The van der Waals surface area contributed by atoms with Crippen LogP contribution in [-0.4, -0.2) is 65.4 Å². The molecule has 2 heterocycles. The molecule has 6 heteroatoms. The van der Waals surface area contributed by atoms with Gasteiger partial charge in [-0.15, -0.1) is 0 Å². The van der Waals surface area contributed by atoms with E-state index in [-0.39, 0.29) is 11.9 Å². The summed E-state index contributed by atoms with van der Waals surface area (Å²) in [6.07, 6.45) is 4.93. The molecule has 0 radical (unpaired) electrons. The smallest absolute Gasteiger partial charge is 0.234 e. The molecule has 1 amide bonds. The Bertz CT molecular complexity index is 539. The number of carbonyl (C=O) groups is 1. The quantitative estimate of drug-likeness (QED) is 0.882. The summed E-state index contributed by atoms with van der Waals surface area (Å²) < 4.78 is 0. The Morgan fingerprint density at radius 1 is 1.36 bits per heavy atom. The Kier molecular flexibility index (Phi) is 4.69. The number of aromatic nitrogens is 2. The number of nitrogens with one attached hydrogen (secondary N) is 1. The van der Waals surface area contributed by atoms with E-state index in [9.17, 15) is 4.79 Å². The van der Waals surface area contributed by atoms with E-state index in [0.717, 1.165) is 62.5 Å². The van der Waals surface area contributed by atoms with Gasteiger partial charge in [-0.2, -0.15) is 0 Å². The van der Waals surface area contributed by atoms with Gasteiger partial charge in [-0.3, -0.25) is 9.69 Å². The Morgan fingerprint density at radius 2 is 2.14 bits per heavy atom. The monoisotopic (exact) mass is 303 g/mol. The number of fused-ring (bicyclic) bond motifs is 1. The Hall–Kier alpha value is -1.53. The number of likely N-dealkylation sites (N-methyl/N-ethyl adjacent to an activating group) is 1. The van der Waals surface area contributed by atoms with Crippen LogP contribution in [-0.2, 0) is 11.2 Å².